The van der Waals surface area contributed by atoms with E-state index < -0.39 is 6.03 Å². The van der Waals surface area contributed by atoms with Gasteiger partial charge in [0.1, 0.15) is 5.82 Å². The Kier molecular flexibility index (Phi) is 6.47. The summed E-state index contributed by atoms with van der Waals surface area (Å²) in [7, 11) is 0. The van der Waals surface area contributed by atoms with Gasteiger partial charge in [0.25, 0.3) is 5.56 Å². The number of amides is 2. The van der Waals surface area contributed by atoms with Crippen LogP contribution >= 0.6 is 11.6 Å². The number of carbonyl (C=O) groups is 1. The molecule has 0 aliphatic rings. The van der Waals surface area contributed by atoms with E-state index in [1.807, 2.05) is 44.2 Å². The van der Waals surface area contributed by atoms with Gasteiger partial charge in [0.15, 0.2) is 0 Å². The number of pyridine rings is 1. The van der Waals surface area contributed by atoms with Gasteiger partial charge in [-0.3, -0.25) is 4.79 Å². The van der Waals surface area contributed by atoms with Crippen LogP contribution in [0.5, 0.6) is 0 Å². The Labute approximate surface area is 195 Å². The first kappa shape index (κ1) is 22.6. The van der Waals surface area contributed by atoms with Gasteiger partial charge in [-0.15, -0.1) is 0 Å². The molecule has 1 aromatic heterocycles. The van der Waals surface area contributed by atoms with Crippen molar-refractivity contribution < 1.29 is 9.18 Å². The van der Waals surface area contributed by atoms with Crippen LogP contribution in [0.4, 0.5) is 14.9 Å². The normalized spacial score (nSPS) is 10.9. The zero-order valence-electron chi connectivity index (χ0n) is 18.3. The van der Waals surface area contributed by atoms with Gasteiger partial charge >= 0.3 is 6.03 Å². The third-order valence-electron chi connectivity index (χ3n) is 5.57. The number of rotatable bonds is 5. The first-order chi connectivity index (χ1) is 15.8. The maximum absolute atomic E-state index is 13.2. The summed E-state index contributed by atoms with van der Waals surface area (Å²) in [6.45, 7) is 4.36. The van der Waals surface area contributed by atoms with Crippen LogP contribution in [0.3, 0.4) is 0 Å². The molecule has 2 amide bonds. The van der Waals surface area contributed by atoms with Crippen molar-refractivity contribution in [3.05, 3.63) is 110 Å². The maximum Gasteiger partial charge on any atom is 0.322 e. The van der Waals surface area contributed by atoms with Crippen LogP contribution in [-0.2, 0) is 13.1 Å². The molecule has 0 aliphatic carbocycles. The molecule has 0 spiro atoms. The van der Waals surface area contributed by atoms with Gasteiger partial charge in [-0.2, -0.15) is 0 Å². The largest absolute Gasteiger partial charge is 0.322 e. The van der Waals surface area contributed by atoms with Gasteiger partial charge in [0, 0.05) is 28.3 Å². The van der Waals surface area contributed by atoms with E-state index in [0.717, 1.165) is 27.6 Å². The van der Waals surface area contributed by atoms with E-state index in [4.69, 9.17) is 11.6 Å². The molecule has 5 nitrogen and oxygen atoms in total. The number of halogens is 2. The minimum atomic E-state index is -0.406. The van der Waals surface area contributed by atoms with Crippen LogP contribution in [0.15, 0.2) is 71.5 Å². The van der Waals surface area contributed by atoms with Crippen LogP contribution in [0.2, 0.25) is 5.02 Å². The molecule has 0 saturated heterocycles. The van der Waals surface area contributed by atoms with Crippen molar-refractivity contribution in [3.63, 3.8) is 0 Å². The molecule has 168 valence electrons. The molecular weight excluding hydrogens is 441 g/mol. The lowest BCUT2D eigenvalue weighted by atomic mass is 10.0. The number of aryl methyl sites for hydroxylation is 2. The third kappa shape index (κ3) is 5.41. The maximum atomic E-state index is 13.2. The van der Waals surface area contributed by atoms with Gasteiger partial charge in [-0.1, -0.05) is 23.7 Å². The molecule has 4 rings (SSSR count). The number of nitrogens with one attached hydrogen (secondary N) is 2. The number of hydrogen-bond acceptors (Lipinski definition) is 2. The second-order valence-electron chi connectivity index (χ2n) is 8.07. The van der Waals surface area contributed by atoms with E-state index in [2.05, 4.69) is 10.3 Å². The first-order valence-electron chi connectivity index (χ1n) is 10.5. The van der Waals surface area contributed by atoms with Crippen molar-refractivity contribution >= 4 is 34.2 Å². The number of urea groups is 1. The topological polar surface area (TPSA) is 65.2 Å². The molecule has 4 aromatic rings. The van der Waals surface area contributed by atoms with Crippen LogP contribution in [0.1, 0.15) is 22.3 Å². The van der Waals surface area contributed by atoms with E-state index in [9.17, 15) is 14.0 Å². The van der Waals surface area contributed by atoms with E-state index in [1.54, 1.807) is 12.1 Å². The predicted molar refractivity (Wildman–Crippen MR) is 130 cm³/mol. The minimum Gasteiger partial charge on any atom is -0.322 e. The number of aromatic amines is 1. The molecule has 0 unspecified atom stereocenters. The fourth-order valence-corrected chi connectivity index (χ4v) is 3.72. The smallest absolute Gasteiger partial charge is 0.322 e. The summed E-state index contributed by atoms with van der Waals surface area (Å²) in [6, 6.07) is 18.1. The Morgan fingerprint density at radius 2 is 1.64 bits per heavy atom. The molecule has 7 heteroatoms. The van der Waals surface area contributed by atoms with Crippen LogP contribution in [-0.4, -0.2) is 15.9 Å². The van der Waals surface area contributed by atoms with Crippen molar-refractivity contribution in [1.29, 1.82) is 0 Å². The minimum absolute atomic E-state index is 0.0911. The first-order valence-corrected chi connectivity index (χ1v) is 10.9. The average Bonchev–Trinajstić information content (AvgIpc) is 2.78. The summed E-state index contributed by atoms with van der Waals surface area (Å²) < 4.78 is 13.2. The molecule has 0 aliphatic heterocycles. The molecule has 0 fully saturated rings. The van der Waals surface area contributed by atoms with E-state index in [1.165, 1.54) is 29.2 Å². The molecule has 0 saturated carbocycles. The molecule has 0 atom stereocenters. The Hall–Kier alpha value is -3.64. The monoisotopic (exact) mass is 463 g/mol. The number of hydrogen-bond donors (Lipinski definition) is 2. The quantitative estimate of drug-likeness (QED) is 0.371. The zero-order valence-corrected chi connectivity index (χ0v) is 19.0. The lowest BCUT2D eigenvalue weighted by molar-refractivity contribution is 0.206. The van der Waals surface area contributed by atoms with E-state index in [-0.39, 0.29) is 24.5 Å². The Balaban J connectivity index is 1.66. The fraction of sp³-hybridized carbons (Fsp3) is 0.154. The molecule has 0 bridgehead atoms. The average molecular weight is 464 g/mol. The van der Waals surface area contributed by atoms with Gasteiger partial charge < -0.3 is 15.2 Å². The van der Waals surface area contributed by atoms with E-state index >= 15 is 0 Å². The molecule has 1 heterocycles. The second kappa shape index (κ2) is 9.46. The van der Waals surface area contributed by atoms with Crippen molar-refractivity contribution in [2.75, 3.05) is 5.32 Å². The summed E-state index contributed by atoms with van der Waals surface area (Å²) >= 11 is 5.99. The van der Waals surface area contributed by atoms with Gasteiger partial charge in [0.2, 0.25) is 0 Å². The highest BCUT2D eigenvalue weighted by Gasteiger charge is 2.17. The van der Waals surface area contributed by atoms with Gasteiger partial charge in [-0.05, 0) is 90.5 Å². The predicted octanol–water partition coefficient (Wildman–Crippen LogP) is 6.17. The number of nitrogens with zero attached hydrogens (tertiary/aromatic N) is 1. The van der Waals surface area contributed by atoms with Crippen LogP contribution in [0, 0.1) is 19.7 Å². The summed E-state index contributed by atoms with van der Waals surface area (Å²) in [6.07, 6.45) is 0. The standard InChI is InChI=1S/C26H23ClFN3O2/c1-16-11-19-13-20(25(32)30-24(19)12-17(16)2)15-31(14-18-3-5-21(27)6-4-18)26(33)29-23-9-7-22(28)8-10-23/h3-13H,14-15H2,1-2H3,(H,29,33)(H,30,32). The number of carbonyl (C=O) groups excluding carboxylic acids is 1. The number of anilines is 1. The number of H-pyrrole nitrogens is 1. The summed E-state index contributed by atoms with van der Waals surface area (Å²) in [4.78, 5) is 30.4. The number of benzene rings is 3. The highest BCUT2D eigenvalue weighted by Crippen LogP contribution is 2.19. The number of fused-ring (bicyclic) bond motifs is 1. The van der Waals surface area contributed by atoms with Crippen molar-refractivity contribution in [3.8, 4) is 0 Å². The molecule has 3 aromatic carbocycles. The molecular formula is C26H23ClFN3O2. The molecule has 0 radical (unpaired) electrons. The summed E-state index contributed by atoms with van der Waals surface area (Å²) in [5, 5.41) is 4.27. The zero-order chi connectivity index (χ0) is 23.5. The molecule has 2 N–H and O–H groups in total. The Morgan fingerprint density at radius 3 is 2.33 bits per heavy atom. The highest BCUT2D eigenvalue weighted by molar-refractivity contribution is 6.30. The van der Waals surface area contributed by atoms with Crippen LogP contribution in [0.25, 0.3) is 10.9 Å². The summed E-state index contributed by atoms with van der Waals surface area (Å²) in [5.41, 5.74) is 4.50. The van der Waals surface area contributed by atoms with Gasteiger partial charge in [-0.25, -0.2) is 9.18 Å². The van der Waals surface area contributed by atoms with Crippen molar-refractivity contribution in [2.45, 2.75) is 26.9 Å². The van der Waals surface area contributed by atoms with Gasteiger partial charge in [0.05, 0.1) is 6.54 Å². The SMILES string of the molecule is Cc1cc2cc(CN(Cc3ccc(Cl)cc3)C(=O)Nc3ccc(F)cc3)c(=O)[nH]c2cc1C. The van der Waals surface area contributed by atoms with Crippen molar-refractivity contribution in [1.82, 2.24) is 9.88 Å². The lowest BCUT2D eigenvalue weighted by Gasteiger charge is -2.23. The highest BCUT2D eigenvalue weighted by atomic mass is 35.5. The Bertz CT molecular complexity index is 1370. The third-order valence-corrected chi connectivity index (χ3v) is 5.82. The summed E-state index contributed by atoms with van der Waals surface area (Å²) in [5.74, 6) is -0.390. The second-order valence-corrected chi connectivity index (χ2v) is 8.50. The van der Waals surface area contributed by atoms with Crippen LogP contribution < -0.4 is 10.9 Å². The lowest BCUT2D eigenvalue weighted by Crippen LogP contribution is -2.35. The Morgan fingerprint density at radius 1 is 0.970 bits per heavy atom. The van der Waals surface area contributed by atoms with E-state index in [0.29, 0.717) is 16.3 Å². The molecule has 33 heavy (non-hydrogen) atoms. The number of aromatic nitrogens is 1. The van der Waals surface area contributed by atoms with Crippen molar-refractivity contribution in [2.24, 2.45) is 0 Å². The fourth-order valence-electron chi connectivity index (χ4n) is 3.59.